The molecule has 1 rings (SSSR count). The van der Waals surface area contributed by atoms with Crippen LogP contribution >= 0.6 is 0 Å². The summed E-state index contributed by atoms with van der Waals surface area (Å²) in [5, 5.41) is 3.38. The van der Waals surface area contributed by atoms with Gasteiger partial charge in [0.1, 0.15) is 0 Å². The minimum atomic E-state index is 0.516. The van der Waals surface area contributed by atoms with E-state index in [1.165, 1.54) is 45.3 Å². The van der Waals surface area contributed by atoms with Gasteiger partial charge in [0.15, 0.2) is 0 Å². The Kier molecular flexibility index (Phi) is 9.48. The standard InChI is InChI=1S/C14H30N2O2/c1-3-18-14-6-11-16(12-7-14)10-5-4-8-15-9-13-17-2/h14-15H,3-13H2,1-2H3. The van der Waals surface area contributed by atoms with Crippen LogP contribution in [-0.4, -0.2) is 64.1 Å². The molecule has 0 aliphatic carbocycles. The second-order valence-electron chi connectivity index (χ2n) is 4.95. The van der Waals surface area contributed by atoms with E-state index < -0.39 is 0 Å². The van der Waals surface area contributed by atoms with Crippen molar-refractivity contribution in [3.05, 3.63) is 0 Å². The van der Waals surface area contributed by atoms with Crippen LogP contribution in [0.5, 0.6) is 0 Å². The van der Waals surface area contributed by atoms with Gasteiger partial charge in [0.25, 0.3) is 0 Å². The zero-order chi connectivity index (χ0) is 13.1. The van der Waals surface area contributed by atoms with E-state index in [4.69, 9.17) is 9.47 Å². The minimum absolute atomic E-state index is 0.516. The highest BCUT2D eigenvalue weighted by atomic mass is 16.5. The Balaban J connectivity index is 1.88. The molecule has 0 aromatic rings. The molecule has 1 fully saturated rings. The van der Waals surface area contributed by atoms with E-state index in [1.807, 2.05) is 0 Å². The summed E-state index contributed by atoms with van der Waals surface area (Å²) in [6.45, 7) is 9.50. The summed E-state index contributed by atoms with van der Waals surface area (Å²) in [5.41, 5.74) is 0. The van der Waals surface area contributed by atoms with Crippen molar-refractivity contribution in [3.63, 3.8) is 0 Å². The van der Waals surface area contributed by atoms with Gasteiger partial charge in [0.05, 0.1) is 12.7 Å². The van der Waals surface area contributed by atoms with E-state index >= 15 is 0 Å². The quantitative estimate of drug-likeness (QED) is 0.602. The Morgan fingerprint density at radius 3 is 2.61 bits per heavy atom. The second-order valence-corrected chi connectivity index (χ2v) is 4.95. The molecule has 0 radical (unpaired) electrons. The zero-order valence-corrected chi connectivity index (χ0v) is 12.1. The van der Waals surface area contributed by atoms with E-state index in [-0.39, 0.29) is 0 Å². The van der Waals surface area contributed by atoms with Crippen molar-refractivity contribution in [3.8, 4) is 0 Å². The molecule has 1 saturated heterocycles. The van der Waals surface area contributed by atoms with Gasteiger partial charge in [-0.25, -0.2) is 0 Å². The monoisotopic (exact) mass is 258 g/mol. The van der Waals surface area contributed by atoms with Gasteiger partial charge in [0.2, 0.25) is 0 Å². The van der Waals surface area contributed by atoms with E-state index in [2.05, 4.69) is 17.1 Å². The Hall–Kier alpha value is -0.160. The van der Waals surface area contributed by atoms with Crippen molar-refractivity contribution in [2.24, 2.45) is 0 Å². The van der Waals surface area contributed by atoms with Gasteiger partial charge in [-0.2, -0.15) is 0 Å². The molecule has 1 heterocycles. The predicted molar refractivity (Wildman–Crippen MR) is 75.1 cm³/mol. The van der Waals surface area contributed by atoms with Crippen molar-refractivity contribution in [2.45, 2.75) is 38.7 Å². The fourth-order valence-corrected chi connectivity index (χ4v) is 2.42. The lowest BCUT2D eigenvalue weighted by atomic mass is 10.1. The number of hydrogen-bond acceptors (Lipinski definition) is 4. The summed E-state index contributed by atoms with van der Waals surface area (Å²) in [6, 6.07) is 0. The van der Waals surface area contributed by atoms with Gasteiger partial charge in [0, 0.05) is 33.4 Å². The summed E-state index contributed by atoms with van der Waals surface area (Å²) in [4.78, 5) is 2.57. The largest absolute Gasteiger partial charge is 0.383 e. The molecular weight excluding hydrogens is 228 g/mol. The predicted octanol–water partition coefficient (Wildman–Crippen LogP) is 1.50. The normalized spacial score (nSPS) is 18.3. The van der Waals surface area contributed by atoms with Gasteiger partial charge in [-0.05, 0) is 45.7 Å². The molecule has 0 unspecified atom stereocenters. The fraction of sp³-hybridized carbons (Fsp3) is 1.00. The number of ether oxygens (including phenoxy) is 2. The maximum Gasteiger partial charge on any atom is 0.0599 e. The Morgan fingerprint density at radius 1 is 1.17 bits per heavy atom. The molecule has 1 N–H and O–H groups in total. The Labute approximate surface area is 112 Å². The summed E-state index contributed by atoms with van der Waals surface area (Å²) >= 11 is 0. The summed E-state index contributed by atoms with van der Waals surface area (Å²) in [7, 11) is 1.74. The number of likely N-dealkylation sites (tertiary alicyclic amines) is 1. The highest BCUT2D eigenvalue weighted by molar-refractivity contribution is 4.72. The molecule has 0 aromatic carbocycles. The number of unbranched alkanes of at least 4 members (excludes halogenated alkanes) is 1. The van der Waals surface area contributed by atoms with Crippen molar-refractivity contribution in [1.29, 1.82) is 0 Å². The number of piperidine rings is 1. The summed E-state index contributed by atoms with van der Waals surface area (Å²) in [5.74, 6) is 0. The van der Waals surface area contributed by atoms with Gasteiger partial charge >= 0.3 is 0 Å². The maximum absolute atomic E-state index is 5.66. The maximum atomic E-state index is 5.66. The van der Waals surface area contributed by atoms with Gasteiger partial charge < -0.3 is 19.7 Å². The number of nitrogens with zero attached hydrogens (tertiary/aromatic N) is 1. The third kappa shape index (κ3) is 7.31. The van der Waals surface area contributed by atoms with Crippen LogP contribution in [0, 0.1) is 0 Å². The highest BCUT2D eigenvalue weighted by Crippen LogP contribution is 2.13. The molecule has 0 spiro atoms. The molecule has 1 aliphatic rings. The first-order valence-electron chi connectivity index (χ1n) is 7.40. The second kappa shape index (κ2) is 10.7. The highest BCUT2D eigenvalue weighted by Gasteiger charge is 2.18. The van der Waals surface area contributed by atoms with Crippen molar-refractivity contribution >= 4 is 0 Å². The van der Waals surface area contributed by atoms with Crippen molar-refractivity contribution in [1.82, 2.24) is 10.2 Å². The molecule has 1 aliphatic heterocycles. The SMILES string of the molecule is CCOC1CCN(CCCCNCCOC)CC1. The summed E-state index contributed by atoms with van der Waals surface area (Å²) in [6.07, 6.45) is 5.48. The van der Waals surface area contributed by atoms with Crippen molar-refractivity contribution in [2.75, 3.05) is 53.0 Å². The number of nitrogens with one attached hydrogen (secondary N) is 1. The lowest BCUT2D eigenvalue weighted by molar-refractivity contribution is 0.0140. The van der Waals surface area contributed by atoms with Crippen LogP contribution in [0.25, 0.3) is 0 Å². The van der Waals surface area contributed by atoms with Crippen LogP contribution in [0.2, 0.25) is 0 Å². The van der Waals surface area contributed by atoms with Gasteiger partial charge in [-0.3, -0.25) is 0 Å². The third-order valence-corrected chi connectivity index (χ3v) is 3.50. The van der Waals surface area contributed by atoms with Crippen LogP contribution in [0.15, 0.2) is 0 Å². The molecular formula is C14H30N2O2. The van der Waals surface area contributed by atoms with E-state index in [9.17, 15) is 0 Å². The topological polar surface area (TPSA) is 33.7 Å². The molecule has 0 saturated carbocycles. The molecule has 108 valence electrons. The van der Waals surface area contributed by atoms with E-state index in [1.54, 1.807) is 7.11 Å². The van der Waals surface area contributed by atoms with Crippen LogP contribution in [-0.2, 0) is 9.47 Å². The average Bonchev–Trinajstić information content (AvgIpc) is 2.40. The van der Waals surface area contributed by atoms with Gasteiger partial charge in [-0.15, -0.1) is 0 Å². The molecule has 0 amide bonds. The van der Waals surface area contributed by atoms with Crippen LogP contribution in [0.1, 0.15) is 32.6 Å². The lowest BCUT2D eigenvalue weighted by Gasteiger charge is -2.31. The first-order chi connectivity index (χ1) is 8.86. The van der Waals surface area contributed by atoms with E-state index in [0.717, 1.165) is 26.3 Å². The number of methoxy groups -OCH3 is 1. The number of hydrogen-bond donors (Lipinski definition) is 1. The van der Waals surface area contributed by atoms with Gasteiger partial charge in [-0.1, -0.05) is 0 Å². The fourth-order valence-electron chi connectivity index (χ4n) is 2.42. The molecule has 0 aromatic heterocycles. The first-order valence-corrected chi connectivity index (χ1v) is 7.40. The van der Waals surface area contributed by atoms with Crippen LogP contribution in [0.4, 0.5) is 0 Å². The molecule has 4 nitrogen and oxygen atoms in total. The molecule has 4 heteroatoms. The Bertz CT molecular complexity index is 183. The number of rotatable bonds is 10. The molecule has 18 heavy (non-hydrogen) atoms. The molecule has 0 atom stereocenters. The third-order valence-electron chi connectivity index (χ3n) is 3.50. The Morgan fingerprint density at radius 2 is 1.94 bits per heavy atom. The lowest BCUT2D eigenvalue weighted by Crippen LogP contribution is -2.37. The van der Waals surface area contributed by atoms with E-state index in [0.29, 0.717) is 6.10 Å². The summed E-state index contributed by atoms with van der Waals surface area (Å²) < 4.78 is 10.7. The van der Waals surface area contributed by atoms with Crippen molar-refractivity contribution < 1.29 is 9.47 Å². The first kappa shape index (κ1) is 15.9. The van der Waals surface area contributed by atoms with Crippen LogP contribution in [0.3, 0.4) is 0 Å². The average molecular weight is 258 g/mol. The minimum Gasteiger partial charge on any atom is -0.383 e. The zero-order valence-electron chi connectivity index (χ0n) is 12.1. The van der Waals surface area contributed by atoms with Crippen LogP contribution < -0.4 is 5.32 Å². The smallest absolute Gasteiger partial charge is 0.0599 e. The molecule has 0 bridgehead atoms.